The van der Waals surface area contributed by atoms with Crippen LogP contribution in [0.25, 0.3) is 0 Å². The van der Waals surface area contributed by atoms with Crippen LogP contribution in [0.15, 0.2) is 41.2 Å². The van der Waals surface area contributed by atoms with E-state index in [4.69, 9.17) is 0 Å². The van der Waals surface area contributed by atoms with E-state index in [1.54, 1.807) is 21.9 Å². The van der Waals surface area contributed by atoms with Crippen LogP contribution in [0.4, 0.5) is 0 Å². The third-order valence-electron chi connectivity index (χ3n) is 5.21. The van der Waals surface area contributed by atoms with Crippen LogP contribution in [0.2, 0.25) is 0 Å². The second-order valence-electron chi connectivity index (χ2n) is 7.77. The molecule has 0 saturated heterocycles. The minimum atomic E-state index is -0.945. The molecule has 3 N–H and O–H groups in total. The number of aliphatic carboxylic acids is 2. The summed E-state index contributed by atoms with van der Waals surface area (Å²) in [6.07, 6.45) is 0. The van der Waals surface area contributed by atoms with E-state index in [0.717, 1.165) is 0 Å². The predicted octanol–water partition coefficient (Wildman–Crippen LogP) is -0.230. The first-order chi connectivity index (χ1) is 15.3. The van der Waals surface area contributed by atoms with Crippen LogP contribution in [0, 0.1) is 0 Å². The predicted molar refractivity (Wildman–Crippen MR) is 113 cm³/mol. The molecule has 2 aromatic heterocycles. The summed E-state index contributed by atoms with van der Waals surface area (Å²) >= 11 is 0. The lowest BCUT2D eigenvalue weighted by atomic mass is 10.2. The fourth-order valence-corrected chi connectivity index (χ4v) is 3.68. The van der Waals surface area contributed by atoms with Gasteiger partial charge < -0.3 is 15.4 Å². The zero-order chi connectivity index (χ0) is 23.1. The summed E-state index contributed by atoms with van der Waals surface area (Å²) < 4.78 is 0.592. The quantitative estimate of drug-likeness (QED) is 0.511. The van der Waals surface area contributed by atoms with Gasteiger partial charge in [-0.15, -0.1) is 0 Å². The van der Waals surface area contributed by atoms with E-state index in [1.807, 2.05) is 23.1 Å². The molecule has 0 saturated carbocycles. The van der Waals surface area contributed by atoms with Gasteiger partial charge in [0.25, 0.3) is 5.56 Å². The van der Waals surface area contributed by atoms with Crippen LogP contribution in [0.1, 0.15) is 17.1 Å². The van der Waals surface area contributed by atoms with Crippen molar-refractivity contribution in [3.63, 3.8) is 0 Å². The third kappa shape index (κ3) is 6.87. The van der Waals surface area contributed by atoms with Crippen LogP contribution in [-0.2, 0) is 29.2 Å². The van der Waals surface area contributed by atoms with Crippen molar-refractivity contribution in [3.8, 4) is 0 Å². The molecule has 0 radical (unpaired) electrons. The molecule has 0 spiro atoms. The Balaban J connectivity index is 1.86. The number of aromatic nitrogens is 2. The van der Waals surface area contributed by atoms with E-state index < -0.39 is 17.5 Å². The van der Waals surface area contributed by atoms with Gasteiger partial charge in [0.2, 0.25) is 0 Å². The number of nitrogens with zero attached hydrogens (tertiary/aromatic N) is 5. The summed E-state index contributed by atoms with van der Waals surface area (Å²) in [4.78, 5) is 44.6. The minimum absolute atomic E-state index is 0.152. The minimum Gasteiger partial charge on any atom is -0.480 e. The SMILES string of the molecule is O=C(O)CN1CCN(Cc2cccc(=O)n2O)CCN(CC(=O)O)Cc2cccc(n2)C1. The normalized spacial score (nSPS) is 16.8. The van der Waals surface area contributed by atoms with E-state index in [9.17, 15) is 29.8 Å². The van der Waals surface area contributed by atoms with Crippen molar-refractivity contribution in [2.75, 3.05) is 39.3 Å². The molecule has 3 heterocycles. The highest BCUT2D eigenvalue weighted by Crippen LogP contribution is 2.10. The van der Waals surface area contributed by atoms with Crippen LogP contribution in [-0.4, -0.2) is 91.0 Å². The maximum absolute atomic E-state index is 11.8. The van der Waals surface area contributed by atoms with Crippen LogP contribution in [0.3, 0.4) is 0 Å². The van der Waals surface area contributed by atoms with E-state index in [1.165, 1.54) is 6.07 Å². The molecule has 0 unspecified atom stereocenters. The number of carbonyl (C=O) groups is 2. The molecular formula is C21H27N5O6. The fourth-order valence-electron chi connectivity index (χ4n) is 3.68. The van der Waals surface area contributed by atoms with Crippen molar-refractivity contribution in [2.45, 2.75) is 19.6 Å². The first kappa shape index (κ1) is 23.4. The number of rotatable bonds is 6. The first-order valence-corrected chi connectivity index (χ1v) is 10.3. The van der Waals surface area contributed by atoms with Gasteiger partial charge in [-0.1, -0.05) is 12.1 Å². The average molecular weight is 445 g/mol. The van der Waals surface area contributed by atoms with Crippen molar-refractivity contribution < 1.29 is 25.0 Å². The van der Waals surface area contributed by atoms with Gasteiger partial charge in [-0.2, -0.15) is 4.73 Å². The molecule has 11 nitrogen and oxygen atoms in total. The second-order valence-corrected chi connectivity index (χ2v) is 7.77. The average Bonchev–Trinajstić information content (AvgIpc) is 2.71. The highest BCUT2D eigenvalue weighted by Gasteiger charge is 2.19. The van der Waals surface area contributed by atoms with E-state index in [-0.39, 0.29) is 19.6 Å². The number of hydrogen-bond donors (Lipinski definition) is 3. The molecule has 2 aromatic rings. The molecule has 0 aliphatic carbocycles. The van der Waals surface area contributed by atoms with Crippen molar-refractivity contribution in [3.05, 3.63) is 63.8 Å². The summed E-state index contributed by atoms with van der Waals surface area (Å²) in [6, 6.07) is 9.92. The van der Waals surface area contributed by atoms with Gasteiger partial charge in [-0.3, -0.25) is 34.1 Å². The van der Waals surface area contributed by atoms with Gasteiger partial charge in [0.15, 0.2) is 0 Å². The summed E-state index contributed by atoms with van der Waals surface area (Å²) in [5.74, 6) is -1.89. The van der Waals surface area contributed by atoms with Crippen molar-refractivity contribution >= 4 is 11.9 Å². The Morgan fingerprint density at radius 3 is 1.84 bits per heavy atom. The summed E-state index contributed by atoms with van der Waals surface area (Å²) in [7, 11) is 0. The van der Waals surface area contributed by atoms with Crippen LogP contribution < -0.4 is 5.56 Å². The van der Waals surface area contributed by atoms with Gasteiger partial charge in [0.05, 0.1) is 30.2 Å². The first-order valence-electron chi connectivity index (χ1n) is 10.3. The number of fused-ring (bicyclic) bond motifs is 2. The standard InChI is InChI=1S/C21H27N5O6/c27-19-6-2-5-18(26(19)32)13-23-7-9-24(14-20(28)29)11-16-3-1-4-17(22-16)12-25(10-8-23)15-21(30)31/h1-6,32H,7-15H2,(H,28,29)(H,30,31). The van der Waals surface area contributed by atoms with E-state index in [0.29, 0.717) is 61.1 Å². The molecule has 0 atom stereocenters. The maximum Gasteiger partial charge on any atom is 0.317 e. The highest BCUT2D eigenvalue weighted by molar-refractivity contribution is 5.69. The number of carboxylic acids is 2. The molecule has 0 aromatic carbocycles. The topological polar surface area (TPSA) is 139 Å². The molecular weight excluding hydrogens is 418 g/mol. The van der Waals surface area contributed by atoms with Crippen LogP contribution in [0.5, 0.6) is 0 Å². The Morgan fingerprint density at radius 1 is 0.812 bits per heavy atom. The monoisotopic (exact) mass is 445 g/mol. The van der Waals surface area contributed by atoms with E-state index in [2.05, 4.69) is 4.98 Å². The third-order valence-corrected chi connectivity index (χ3v) is 5.21. The van der Waals surface area contributed by atoms with Crippen molar-refractivity contribution in [2.24, 2.45) is 0 Å². The number of pyridine rings is 2. The van der Waals surface area contributed by atoms with E-state index >= 15 is 0 Å². The van der Waals surface area contributed by atoms with Gasteiger partial charge >= 0.3 is 11.9 Å². The largest absolute Gasteiger partial charge is 0.480 e. The summed E-state index contributed by atoms with van der Waals surface area (Å²) in [5.41, 5.74) is 1.27. The molecule has 0 fully saturated rings. The molecule has 1 aliphatic rings. The molecule has 1 aliphatic heterocycles. The molecule has 0 amide bonds. The van der Waals surface area contributed by atoms with Crippen molar-refractivity contribution in [1.29, 1.82) is 0 Å². The fraction of sp³-hybridized carbons (Fsp3) is 0.429. The zero-order valence-corrected chi connectivity index (χ0v) is 17.6. The lowest BCUT2D eigenvalue weighted by molar-refractivity contribution is -0.139. The maximum atomic E-state index is 11.8. The lowest BCUT2D eigenvalue weighted by Gasteiger charge is -2.30. The zero-order valence-electron chi connectivity index (χ0n) is 17.6. The van der Waals surface area contributed by atoms with Gasteiger partial charge in [0.1, 0.15) is 0 Å². The molecule has 2 bridgehead atoms. The second kappa shape index (κ2) is 10.8. The van der Waals surface area contributed by atoms with Gasteiger partial charge in [-0.25, -0.2) is 0 Å². The Hall–Kier alpha value is -3.28. The van der Waals surface area contributed by atoms with Crippen molar-refractivity contribution in [1.82, 2.24) is 24.4 Å². The number of hydrogen-bond acceptors (Lipinski definition) is 8. The van der Waals surface area contributed by atoms with Gasteiger partial charge in [-0.05, 0) is 18.2 Å². The molecule has 3 rings (SSSR count). The van der Waals surface area contributed by atoms with Crippen LogP contribution >= 0.6 is 0 Å². The highest BCUT2D eigenvalue weighted by atomic mass is 16.5. The lowest BCUT2D eigenvalue weighted by Crippen LogP contribution is -2.42. The molecule has 172 valence electrons. The molecule has 32 heavy (non-hydrogen) atoms. The summed E-state index contributed by atoms with van der Waals surface area (Å²) in [5, 5.41) is 28.7. The summed E-state index contributed by atoms with van der Waals surface area (Å²) in [6.45, 7) is 2.36. The Labute approximate surface area is 184 Å². The number of carboxylic acid groups (broad SMARTS) is 2. The smallest absolute Gasteiger partial charge is 0.317 e. The van der Waals surface area contributed by atoms with Gasteiger partial charge in [0, 0.05) is 51.9 Å². The Kier molecular flexibility index (Phi) is 7.92. The Bertz CT molecular complexity index is 965. The Morgan fingerprint density at radius 2 is 1.31 bits per heavy atom. The molecule has 11 heteroatoms.